The summed E-state index contributed by atoms with van der Waals surface area (Å²) >= 11 is 0. The lowest BCUT2D eigenvalue weighted by Crippen LogP contribution is -2.09. The number of nitrogens with zero attached hydrogens (tertiary/aromatic N) is 5. The standard InChI is InChI=1S/C20H14FN7/c21-15-5-3-4-12-8-13(16-6-1-2-7-24-16)17(28-18(12)15)10-25-20-14(9-22)19(23)26-11-27-20/h1-8,11H,10H2,(H3,23,25,26,27). The fraction of sp³-hybridized carbons (Fsp3) is 0.0500. The maximum absolute atomic E-state index is 14.3. The van der Waals surface area contributed by atoms with Crippen molar-refractivity contribution in [3.63, 3.8) is 0 Å². The second-order valence-corrected chi connectivity index (χ2v) is 5.96. The number of nitriles is 1. The number of hydrogen-bond donors (Lipinski definition) is 2. The number of anilines is 2. The molecule has 0 spiro atoms. The van der Waals surface area contributed by atoms with Crippen molar-refractivity contribution >= 4 is 22.5 Å². The number of halogens is 1. The van der Waals surface area contributed by atoms with E-state index in [4.69, 9.17) is 5.73 Å². The van der Waals surface area contributed by atoms with Crippen molar-refractivity contribution < 1.29 is 4.39 Å². The zero-order valence-electron chi connectivity index (χ0n) is 14.6. The van der Waals surface area contributed by atoms with E-state index in [1.54, 1.807) is 18.3 Å². The third-order valence-electron chi connectivity index (χ3n) is 4.23. The molecule has 0 fully saturated rings. The van der Waals surface area contributed by atoms with Gasteiger partial charge in [-0.2, -0.15) is 5.26 Å². The van der Waals surface area contributed by atoms with Crippen molar-refractivity contribution in [3.8, 4) is 17.3 Å². The molecule has 1 aromatic carbocycles. The van der Waals surface area contributed by atoms with Crippen LogP contribution in [-0.4, -0.2) is 19.9 Å². The Morgan fingerprint density at radius 3 is 2.79 bits per heavy atom. The SMILES string of the molecule is N#Cc1c(N)ncnc1NCc1nc2c(F)cccc2cc1-c1ccccn1. The largest absolute Gasteiger partial charge is 0.382 e. The van der Waals surface area contributed by atoms with Crippen molar-refractivity contribution in [1.29, 1.82) is 5.26 Å². The molecule has 3 aromatic heterocycles. The van der Waals surface area contributed by atoms with Crippen LogP contribution in [-0.2, 0) is 6.54 Å². The van der Waals surface area contributed by atoms with Crippen molar-refractivity contribution in [2.24, 2.45) is 0 Å². The van der Waals surface area contributed by atoms with Gasteiger partial charge in [0.05, 0.1) is 17.9 Å². The lowest BCUT2D eigenvalue weighted by Gasteiger charge is -2.13. The Kier molecular flexibility index (Phi) is 4.48. The molecule has 0 bridgehead atoms. The van der Waals surface area contributed by atoms with Gasteiger partial charge < -0.3 is 11.1 Å². The second-order valence-electron chi connectivity index (χ2n) is 5.96. The minimum atomic E-state index is -0.407. The lowest BCUT2D eigenvalue weighted by molar-refractivity contribution is 0.636. The highest BCUT2D eigenvalue weighted by Gasteiger charge is 2.14. The summed E-state index contributed by atoms with van der Waals surface area (Å²) in [5, 5.41) is 13.0. The number of pyridine rings is 2. The number of rotatable bonds is 4. The molecule has 136 valence electrons. The summed E-state index contributed by atoms with van der Waals surface area (Å²) in [6.07, 6.45) is 2.95. The van der Waals surface area contributed by atoms with E-state index in [1.165, 1.54) is 12.4 Å². The molecule has 0 saturated heterocycles. The molecular formula is C20H14FN7. The van der Waals surface area contributed by atoms with Crippen LogP contribution in [0.2, 0.25) is 0 Å². The van der Waals surface area contributed by atoms with Crippen LogP contribution in [0.4, 0.5) is 16.0 Å². The molecule has 0 radical (unpaired) electrons. The van der Waals surface area contributed by atoms with Gasteiger partial charge in [0.15, 0.2) is 0 Å². The molecule has 0 saturated carbocycles. The van der Waals surface area contributed by atoms with E-state index in [-0.39, 0.29) is 29.3 Å². The Labute approximate surface area is 159 Å². The average molecular weight is 371 g/mol. The molecule has 7 nitrogen and oxygen atoms in total. The first-order valence-electron chi connectivity index (χ1n) is 8.41. The summed E-state index contributed by atoms with van der Waals surface area (Å²) in [6, 6.07) is 14.2. The summed E-state index contributed by atoms with van der Waals surface area (Å²) in [5.74, 6) is -0.0322. The Morgan fingerprint density at radius 2 is 2.00 bits per heavy atom. The first-order valence-corrected chi connectivity index (χ1v) is 8.41. The van der Waals surface area contributed by atoms with Gasteiger partial charge in [0.1, 0.15) is 40.9 Å². The number of nitrogens with one attached hydrogen (secondary N) is 1. The molecule has 3 heterocycles. The van der Waals surface area contributed by atoms with Crippen LogP contribution in [0.3, 0.4) is 0 Å². The Morgan fingerprint density at radius 1 is 1.11 bits per heavy atom. The van der Waals surface area contributed by atoms with Crippen LogP contribution in [0.25, 0.3) is 22.2 Å². The first-order chi connectivity index (χ1) is 13.7. The monoisotopic (exact) mass is 371 g/mol. The number of nitrogen functional groups attached to an aromatic ring is 1. The van der Waals surface area contributed by atoms with E-state index in [0.29, 0.717) is 16.8 Å². The van der Waals surface area contributed by atoms with Crippen molar-refractivity contribution in [2.45, 2.75) is 6.54 Å². The summed E-state index contributed by atoms with van der Waals surface area (Å²) in [4.78, 5) is 16.8. The smallest absolute Gasteiger partial charge is 0.149 e. The highest BCUT2D eigenvalue weighted by atomic mass is 19.1. The van der Waals surface area contributed by atoms with Crippen LogP contribution in [0.5, 0.6) is 0 Å². The minimum absolute atomic E-state index is 0.0856. The summed E-state index contributed by atoms with van der Waals surface area (Å²) < 4.78 is 14.3. The molecule has 4 aromatic rings. The molecule has 0 atom stereocenters. The lowest BCUT2D eigenvalue weighted by atomic mass is 10.1. The zero-order chi connectivity index (χ0) is 19.5. The first kappa shape index (κ1) is 17.3. The molecule has 0 unspecified atom stereocenters. The molecule has 3 N–H and O–H groups in total. The topological polar surface area (TPSA) is 113 Å². The predicted molar refractivity (Wildman–Crippen MR) is 103 cm³/mol. The second kappa shape index (κ2) is 7.25. The molecule has 0 aliphatic rings. The molecule has 0 aliphatic carbocycles. The molecule has 28 heavy (non-hydrogen) atoms. The number of aromatic nitrogens is 4. The van der Waals surface area contributed by atoms with Gasteiger partial charge in [0.25, 0.3) is 0 Å². The summed E-state index contributed by atoms with van der Waals surface area (Å²) in [5.41, 5.74) is 8.17. The van der Waals surface area contributed by atoms with Crippen LogP contribution in [0.1, 0.15) is 11.3 Å². The fourth-order valence-corrected chi connectivity index (χ4v) is 2.89. The van der Waals surface area contributed by atoms with Crippen LogP contribution < -0.4 is 11.1 Å². The van der Waals surface area contributed by atoms with E-state index in [0.717, 1.165) is 5.56 Å². The third kappa shape index (κ3) is 3.17. The Hall–Kier alpha value is -4.12. The molecule has 0 aliphatic heterocycles. The Balaban J connectivity index is 1.80. The highest BCUT2D eigenvalue weighted by molar-refractivity contribution is 5.84. The number of para-hydroxylation sites is 1. The minimum Gasteiger partial charge on any atom is -0.382 e. The number of benzene rings is 1. The van der Waals surface area contributed by atoms with Gasteiger partial charge in [-0.25, -0.2) is 19.3 Å². The van der Waals surface area contributed by atoms with Gasteiger partial charge in [0.2, 0.25) is 0 Å². The number of fused-ring (bicyclic) bond motifs is 1. The van der Waals surface area contributed by atoms with Crippen LogP contribution in [0.15, 0.2) is 55.0 Å². The van der Waals surface area contributed by atoms with Gasteiger partial charge in [-0.15, -0.1) is 0 Å². The highest BCUT2D eigenvalue weighted by Crippen LogP contribution is 2.27. The van der Waals surface area contributed by atoms with E-state index in [2.05, 4.69) is 25.3 Å². The number of hydrogen-bond acceptors (Lipinski definition) is 7. The Bertz CT molecular complexity index is 1200. The van der Waals surface area contributed by atoms with E-state index < -0.39 is 5.82 Å². The third-order valence-corrected chi connectivity index (χ3v) is 4.23. The summed E-state index contributed by atoms with van der Waals surface area (Å²) in [7, 11) is 0. The van der Waals surface area contributed by atoms with Gasteiger partial charge in [-0.05, 0) is 24.3 Å². The fourth-order valence-electron chi connectivity index (χ4n) is 2.89. The maximum Gasteiger partial charge on any atom is 0.149 e. The van der Waals surface area contributed by atoms with Crippen molar-refractivity contribution in [2.75, 3.05) is 11.1 Å². The molecule has 4 rings (SSSR count). The van der Waals surface area contributed by atoms with Gasteiger partial charge in [-0.1, -0.05) is 18.2 Å². The average Bonchev–Trinajstić information content (AvgIpc) is 2.73. The summed E-state index contributed by atoms with van der Waals surface area (Å²) in [6.45, 7) is 0.196. The van der Waals surface area contributed by atoms with E-state index in [1.807, 2.05) is 30.3 Å². The molecule has 8 heteroatoms. The van der Waals surface area contributed by atoms with Crippen molar-refractivity contribution in [3.05, 3.63) is 72.1 Å². The van der Waals surface area contributed by atoms with Gasteiger partial charge in [-0.3, -0.25) is 4.98 Å². The van der Waals surface area contributed by atoms with E-state index in [9.17, 15) is 9.65 Å². The molecular weight excluding hydrogens is 357 g/mol. The predicted octanol–water partition coefficient (Wildman–Crippen LogP) is 3.29. The van der Waals surface area contributed by atoms with Crippen molar-refractivity contribution in [1.82, 2.24) is 19.9 Å². The quantitative estimate of drug-likeness (QED) is 0.566. The zero-order valence-corrected chi connectivity index (χ0v) is 14.6. The van der Waals surface area contributed by atoms with E-state index >= 15 is 0 Å². The van der Waals surface area contributed by atoms with Crippen LogP contribution >= 0.6 is 0 Å². The number of nitrogens with two attached hydrogens (primary N) is 1. The van der Waals surface area contributed by atoms with Gasteiger partial charge in [0, 0.05) is 17.1 Å². The normalized spacial score (nSPS) is 10.6. The maximum atomic E-state index is 14.3. The van der Waals surface area contributed by atoms with Gasteiger partial charge >= 0.3 is 0 Å². The molecule has 0 amide bonds. The van der Waals surface area contributed by atoms with Crippen LogP contribution in [0, 0.1) is 17.1 Å².